The summed E-state index contributed by atoms with van der Waals surface area (Å²) in [4.78, 5) is 39.2. The zero-order valence-electron chi connectivity index (χ0n) is 17.0. The first-order valence-corrected chi connectivity index (χ1v) is 9.72. The molecule has 1 aliphatic heterocycles. The maximum absolute atomic E-state index is 14.3. The number of aliphatic imine (C=N–C) groups is 1. The van der Waals surface area contributed by atoms with Gasteiger partial charge in [-0.25, -0.2) is 9.38 Å². The number of carbonyl (C=O) groups excluding carboxylic acids is 2. The Bertz CT molecular complexity index is 1300. The molecule has 1 radical (unpaired) electrons. The van der Waals surface area contributed by atoms with Crippen molar-refractivity contribution in [1.29, 1.82) is 0 Å². The van der Waals surface area contributed by atoms with Gasteiger partial charge in [0.25, 0.3) is 11.8 Å². The van der Waals surface area contributed by atoms with Crippen molar-refractivity contribution in [3.8, 4) is 0 Å². The second-order valence-corrected chi connectivity index (χ2v) is 7.22. The van der Waals surface area contributed by atoms with Crippen molar-refractivity contribution in [2.24, 2.45) is 4.99 Å². The van der Waals surface area contributed by atoms with Gasteiger partial charge in [0.15, 0.2) is 0 Å². The lowest BCUT2D eigenvalue weighted by molar-refractivity contribution is -0.135. The van der Waals surface area contributed by atoms with E-state index < -0.39 is 24.2 Å². The van der Waals surface area contributed by atoms with E-state index in [9.17, 15) is 18.8 Å². The van der Waals surface area contributed by atoms with Crippen LogP contribution >= 0.6 is 0 Å². The van der Waals surface area contributed by atoms with Crippen LogP contribution in [0.3, 0.4) is 0 Å². The minimum Gasteiger partial charge on any atom is -0.480 e. The van der Waals surface area contributed by atoms with Gasteiger partial charge in [0.2, 0.25) is 0 Å². The van der Waals surface area contributed by atoms with E-state index in [1.54, 1.807) is 13.0 Å². The Morgan fingerprint density at radius 1 is 1.09 bits per heavy atom. The summed E-state index contributed by atoms with van der Waals surface area (Å²) in [7, 11) is 0. The number of rotatable bonds is 6. The predicted octanol–water partition coefficient (Wildman–Crippen LogP) is 3.21. The lowest BCUT2D eigenvalue weighted by Crippen LogP contribution is -2.29. The third kappa shape index (κ3) is 4.27. The molecule has 0 spiro atoms. The Balaban J connectivity index is 1.53. The first kappa shape index (κ1) is 21.0. The number of hydrogen-bond acceptors (Lipinski definition) is 5. The van der Waals surface area contributed by atoms with Gasteiger partial charge in [-0.05, 0) is 53.6 Å². The van der Waals surface area contributed by atoms with Crippen molar-refractivity contribution < 1.29 is 23.9 Å². The summed E-state index contributed by atoms with van der Waals surface area (Å²) in [5.74, 6) is -2.70. The van der Waals surface area contributed by atoms with Gasteiger partial charge in [0, 0.05) is 12.2 Å². The third-order valence-corrected chi connectivity index (χ3v) is 4.93. The van der Waals surface area contributed by atoms with Crippen LogP contribution in [-0.4, -0.2) is 35.3 Å². The Kier molecular flexibility index (Phi) is 5.55. The number of hydrogen-bond donors (Lipinski definition) is 3. The molecule has 0 saturated carbocycles. The van der Waals surface area contributed by atoms with Crippen molar-refractivity contribution in [3.05, 3.63) is 71.0 Å². The van der Waals surface area contributed by atoms with Gasteiger partial charge >= 0.3 is 5.97 Å². The molecule has 0 aromatic heterocycles. The molecule has 9 heteroatoms. The molecule has 3 aromatic rings. The van der Waals surface area contributed by atoms with Crippen LogP contribution in [0.4, 0.5) is 15.8 Å². The zero-order valence-corrected chi connectivity index (χ0v) is 17.0. The van der Waals surface area contributed by atoms with E-state index in [1.165, 1.54) is 18.2 Å². The highest BCUT2D eigenvalue weighted by Gasteiger charge is 2.22. The second-order valence-electron chi connectivity index (χ2n) is 7.22. The van der Waals surface area contributed by atoms with E-state index in [1.807, 2.05) is 24.3 Å². The number of nitrogens with zero attached hydrogens (tertiary/aromatic N) is 2. The Hall–Kier alpha value is -4.27. The normalized spacial score (nSPS) is 12.6. The average Bonchev–Trinajstić information content (AvgIpc) is 2.75. The van der Waals surface area contributed by atoms with Gasteiger partial charge in [0.05, 0.1) is 16.8 Å². The lowest BCUT2D eigenvalue weighted by Gasteiger charge is -2.15. The summed E-state index contributed by atoms with van der Waals surface area (Å²) >= 11 is 0. The van der Waals surface area contributed by atoms with Crippen molar-refractivity contribution in [3.63, 3.8) is 0 Å². The number of amidine groups is 1. The van der Waals surface area contributed by atoms with E-state index in [0.717, 1.165) is 16.3 Å². The minimum atomic E-state index is -1.22. The molecule has 0 atom stereocenters. The first-order valence-electron chi connectivity index (χ1n) is 9.72. The maximum Gasteiger partial charge on any atom is 0.322 e. The minimum absolute atomic E-state index is 0.243. The number of amides is 2. The smallest absolute Gasteiger partial charge is 0.322 e. The third-order valence-electron chi connectivity index (χ3n) is 4.93. The van der Waals surface area contributed by atoms with Gasteiger partial charge in [0.1, 0.15) is 18.2 Å². The SMILES string of the molecule is CC1=Nc2ccc3ccc(CNc4ccc(C(=O)NCC(=O)O)c(F)c4)cc3c2C(=O)[N]1. The number of carboxylic acid groups (broad SMARTS) is 1. The predicted molar refractivity (Wildman–Crippen MR) is 117 cm³/mol. The molecule has 3 aromatic carbocycles. The summed E-state index contributed by atoms with van der Waals surface area (Å²) in [6.45, 7) is 1.42. The summed E-state index contributed by atoms with van der Waals surface area (Å²) in [6.07, 6.45) is 0. The largest absolute Gasteiger partial charge is 0.480 e. The molecule has 1 aliphatic rings. The molecule has 4 rings (SSSR count). The van der Waals surface area contributed by atoms with Gasteiger partial charge in [-0.2, -0.15) is 5.32 Å². The number of halogens is 1. The Labute approximate surface area is 182 Å². The van der Waals surface area contributed by atoms with E-state index in [0.29, 0.717) is 29.3 Å². The van der Waals surface area contributed by atoms with Gasteiger partial charge < -0.3 is 15.7 Å². The van der Waals surface area contributed by atoms with Crippen LogP contribution in [0.1, 0.15) is 33.2 Å². The van der Waals surface area contributed by atoms with Crippen LogP contribution in [-0.2, 0) is 11.3 Å². The van der Waals surface area contributed by atoms with Crippen LogP contribution in [0.5, 0.6) is 0 Å². The highest BCUT2D eigenvalue weighted by molar-refractivity contribution is 6.18. The Morgan fingerprint density at radius 2 is 1.88 bits per heavy atom. The van der Waals surface area contributed by atoms with Gasteiger partial charge in [-0.1, -0.05) is 18.2 Å². The van der Waals surface area contributed by atoms with Gasteiger partial charge in [-0.3, -0.25) is 14.4 Å². The molecule has 8 nitrogen and oxygen atoms in total. The number of benzene rings is 3. The number of carbonyl (C=O) groups is 3. The fourth-order valence-electron chi connectivity index (χ4n) is 3.45. The van der Waals surface area contributed by atoms with Crippen molar-refractivity contribution >= 4 is 45.8 Å². The monoisotopic (exact) mass is 433 g/mol. The molecule has 0 fully saturated rings. The highest BCUT2D eigenvalue weighted by Crippen LogP contribution is 2.31. The molecular formula is C23H18FN4O4. The number of fused-ring (bicyclic) bond motifs is 3. The fraction of sp³-hybridized carbons (Fsp3) is 0.130. The summed E-state index contributed by atoms with van der Waals surface area (Å²) < 4.78 is 14.3. The molecule has 2 amide bonds. The van der Waals surface area contributed by atoms with Crippen LogP contribution < -0.4 is 16.0 Å². The summed E-state index contributed by atoms with van der Waals surface area (Å²) in [6, 6.07) is 13.3. The standard InChI is InChI=1S/C23H18FN4O4/c1-12-27-19-7-4-14-3-2-13(8-17(14)21(19)23(32)28-12)10-25-15-5-6-16(18(24)9-15)22(31)26-11-20(29)30/h2-9,25H,10-11H2,1H3,(H,26,31)(H,29,30). The number of nitrogens with one attached hydrogen (secondary N) is 2. The van der Waals surface area contributed by atoms with Crippen molar-refractivity contribution in [2.45, 2.75) is 13.5 Å². The second kappa shape index (κ2) is 8.46. The fourth-order valence-corrected chi connectivity index (χ4v) is 3.45. The van der Waals surface area contributed by atoms with Crippen molar-refractivity contribution in [2.75, 3.05) is 11.9 Å². The average molecular weight is 433 g/mol. The van der Waals surface area contributed by atoms with Crippen LogP contribution in [0.2, 0.25) is 0 Å². The summed E-state index contributed by atoms with van der Waals surface area (Å²) in [5.41, 5.74) is 2.09. The zero-order chi connectivity index (χ0) is 22.8. The van der Waals surface area contributed by atoms with Crippen LogP contribution in [0, 0.1) is 5.82 Å². The molecule has 3 N–H and O–H groups in total. The van der Waals surface area contributed by atoms with E-state index in [2.05, 4.69) is 20.9 Å². The Morgan fingerprint density at radius 3 is 2.62 bits per heavy atom. The first-order chi connectivity index (χ1) is 15.3. The maximum atomic E-state index is 14.3. The van der Waals surface area contributed by atoms with Crippen LogP contribution in [0.25, 0.3) is 10.8 Å². The molecule has 1 heterocycles. The van der Waals surface area contributed by atoms with Crippen molar-refractivity contribution in [1.82, 2.24) is 10.6 Å². The van der Waals surface area contributed by atoms with E-state index in [4.69, 9.17) is 5.11 Å². The molecule has 161 valence electrons. The molecule has 0 bridgehead atoms. The lowest BCUT2D eigenvalue weighted by atomic mass is 9.98. The highest BCUT2D eigenvalue weighted by atomic mass is 19.1. The molecular weight excluding hydrogens is 415 g/mol. The number of carboxylic acids is 1. The number of aliphatic carboxylic acids is 1. The van der Waals surface area contributed by atoms with Crippen LogP contribution in [0.15, 0.2) is 53.5 Å². The van der Waals surface area contributed by atoms with Gasteiger partial charge in [-0.15, -0.1) is 0 Å². The summed E-state index contributed by atoms with van der Waals surface area (Å²) in [5, 5.41) is 19.4. The van der Waals surface area contributed by atoms with E-state index in [-0.39, 0.29) is 11.5 Å². The quantitative estimate of drug-likeness (QED) is 0.551. The topological polar surface area (TPSA) is 122 Å². The molecule has 0 saturated heterocycles. The molecule has 0 unspecified atom stereocenters. The molecule has 0 aliphatic carbocycles. The van der Waals surface area contributed by atoms with E-state index >= 15 is 0 Å². The molecule has 32 heavy (non-hydrogen) atoms. The number of anilines is 1.